The van der Waals surface area contributed by atoms with Crippen LogP contribution in [0.4, 0.5) is 17.6 Å². The zero-order valence-electron chi connectivity index (χ0n) is 11.2. The fourth-order valence-corrected chi connectivity index (χ4v) is 2.39. The molecule has 1 heterocycles. The number of halogens is 6. The van der Waals surface area contributed by atoms with E-state index in [9.17, 15) is 17.6 Å². The molecule has 0 bridgehead atoms. The second-order valence-corrected chi connectivity index (χ2v) is 4.64. The SMILES string of the molecule is Cl.Cl.Fc1ccccc1[C@@H](CC(F)(F)F)N1CCNCC1. The van der Waals surface area contributed by atoms with Gasteiger partial charge in [0.25, 0.3) is 0 Å². The van der Waals surface area contributed by atoms with E-state index < -0.39 is 24.5 Å². The lowest BCUT2D eigenvalue weighted by molar-refractivity contribution is -0.149. The smallest absolute Gasteiger partial charge is 0.314 e. The zero-order valence-corrected chi connectivity index (χ0v) is 12.8. The Balaban J connectivity index is 0.00000200. The number of piperazine rings is 1. The number of benzene rings is 1. The van der Waals surface area contributed by atoms with Crippen molar-refractivity contribution in [1.29, 1.82) is 0 Å². The first-order chi connectivity index (χ1) is 8.97. The highest BCUT2D eigenvalue weighted by Gasteiger charge is 2.36. The Kier molecular flexibility index (Phi) is 8.54. The van der Waals surface area contributed by atoms with Crippen LogP contribution in [0.5, 0.6) is 0 Å². The van der Waals surface area contributed by atoms with E-state index in [1.54, 1.807) is 11.0 Å². The molecule has 1 saturated heterocycles. The summed E-state index contributed by atoms with van der Waals surface area (Å²) >= 11 is 0. The number of rotatable bonds is 3. The molecule has 8 heteroatoms. The predicted molar refractivity (Wildman–Crippen MR) is 78.8 cm³/mol. The summed E-state index contributed by atoms with van der Waals surface area (Å²) in [6, 6.07) is 4.77. The van der Waals surface area contributed by atoms with Gasteiger partial charge >= 0.3 is 6.18 Å². The Hall–Kier alpha value is -0.560. The molecule has 0 unspecified atom stereocenters. The maximum absolute atomic E-state index is 13.8. The van der Waals surface area contributed by atoms with Crippen molar-refractivity contribution >= 4 is 24.8 Å². The van der Waals surface area contributed by atoms with Crippen molar-refractivity contribution in [2.45, 2.75) is 18.6 Å². The van der Waals surface area contributed by atoms with Gasteiger partial charge in [0.2, 0.25) is 0 Å². The van der Waals surface area contributed by atoms with Gasteiger partial charge in [0, 0.05) is 37.8 Å². The minimum atomic E-state index is -4.31. The summed E-state index contributed by atoms with van der Waals surface area (Å²) in [5, 5.41) is 3.08. The largest absolute Gasteiger partial charge is 0.390 e. The molecule has 1 atom stereocenters. The van der Waals surface area contributed by atoms with Crippen LogP contribution in [0, 0.1) is 5.82 Å². The van der Waals surface area contributed by atoms with E-state index in [4.69, 9.17) is 0 Å². The minimum absolute atomic E-state index is 0. The van der Waals surface area contributed by atoms with E-state index in [-0.39, 0.29) is 30.4 Å². The quantitative estimate of drug-likeness (QED) is 0.840. The Labute approximate surface area is 133 Å². The summed E-state index contributed by atoms with van der Waals surface area (Å²) in [7, 11) is 0. The van der Waals surface area contributed by atoms with Crippen LogP contribution in [-0.4, -0.2) is 37.3 Å². The maximum atomic E-state index is 13.8. The average molecular weight is 349 g/mol. The fraction of sp³-hybridized carbons (Fsp3) is 0.538. The number of nitrogens with zero attached hydrogens (tertiary/aromatic N) is 1. The summed E-state index contributed by atoms with van der Waals surface area (Å²) in [4.78, 5) is 1.70. The Morgan fingerprint density at radius 1 is 1.10 bits per heavy atom. The van der Waals surface area contributed by atoms with Gasteiger partial charge in [0.15, 0.2) is 0 Å². The third-order valence-electron chi connectivity index (χ3n) is 3.28. The molecule has 21 heavy (non-hydrogen) atoms. The molecule has 1 N–H and O–H groups in total. The van der Waals surface area contributed by atoms with Crippen LogP contribution in [0.15, 0.2) is 24.3 Å². The molecule has 0 aromatic heterocycles. The van der Waals surface area contributed by atoms with Crippen molar-refractivity contribution < 1.29 is 17.6 Å². The Morgan fingerprint density at radius 2 is 1.67 bits per heavy atom. The molecule has 0 aliphatic carbocycles. The molecule has 1 fully saturated rings. The molecule has 1 aliphatic heterocycles. The molecule has 0 saturated carbocycles. The van der Waals surface area contributed by atoms with Gasteiger partial charge in [-0.3, -0.25) is 4.90 Å². The second kappa shape index (κ2) is 8.78. The van der Waals surface area contributed by atoms with E-state index >= 15 is 0 Å². The Morgan fingerprint density at radius 3 is 2.19 bits per heavy atom. The average Bonchev–Trinajstić information content (AvgIpc) is 2.37. The van der Waals surface area contributed by atoms with Crippen LogP contribution in [0.2, 0.25) is 0 Å². The highest BCUT2D eigenvalue weighted by molar-refractivity contribution is 5.85. The van der Waals surface area contributed by atoms with Gasteiger partial charge in [-0.15, -0.1) is 24.8 Å². The fourth-order valence-electron chi connectivity index (χ4n) is 2.39. The van der Waals surface area contributed by atoms with Gasteiger partial charge in [-0.1, -0.05) is 18.2 Å². The molecule has 2 nitrogen and oxygen atoms in total. The van der Waals surface area contributed by atoms with Crippen LogP contribution in [-0.2, 0) is 0 Å². The monoisotopic (exact) mass is 348 g/mol. The molecular formula is C13H18Cl2F4N2. The van der Waals surface area contributed by atoms with Gasteiger partial charge in [0.05, 0.1) is 6.42 Å². The predicted octanol–water partition coefficient (Wildman–Crippen LogP) is 3.57. The van der Waals surface area contributed by atoms with Crippen molar-refractivity contribution in [3.05, 3.63) is 35.6 Å². The van der Waals surface area contributed by atoms with E-state index in [1.807, 2.05) is 0 Å². The summed E-state index contributed by atoms with van der Waals surface area (Å²) in [5.41, 5.74) is 0.127. The molecule has 2 rings (SSSR count). The molecular weight excluding hydrogens is 331 g/mol. The van der Waals surface area contributed by atoms with Crippen LogP contribution < -0.4 is 5.32 Å². The zero-order chi connectivity index (χ0) is 13.9. The molecule has 0 amide bonds. The van der Waals surface area contributed by atoms with Gasteiger partial charge in [-0.05, 0) is 6.07 Å². The van der Waals surface area contributed by atoms with Crippen molar-refractivity contribution in [1.82, 2.24) is 10.2 Å². The lowest BCUT2D eigenvalue weighted by Gasteiger charge is -2.35. The third-order valence-corrected chi connectivity index (χ3v) is 3.28. The van der Waals surface area contributed by atoms with E-state index in [2.05, 4.69) is 5.32 Å². The molecule has 0 radical (unpaired) electrons. The summed E-state index contributed by atoms with van der Waals surface area (Å²) in [6.07, 6.45) is -5.33. The van der Waals surface area contributed by atoms with Gasteiger partial charge in [0.1, 0.15) is 5.82 Å². The minimum Gasteiger partial charge on any atom is -0.314 e. The van der Waals surface area contributed by atoms with Crippen molar-refractivity contribution in [3.63, 3.8) is 0 Å². The lowest BCUT2D eigenvalue weighted by atomic mass is 10.0. The lowest BCUT2D eigenvalue weighted by Crippen LogP contribution is -2.46. The standard InChI is InChI=1S/C13H16F4N2.2ClH/c14-11-4-2-1-3-10(11)12(9-13(15,16)17)19-7-5-18-6-8-19;;/h1-4,12,18H,5-9H2;2*1H/t12-;;/m1../s1. The second-order valence-electron chi connectivity index (χ2n) is 4.64. The number of nitrogens with one attached hydrogen (secondary N) is 1. The van der Waals surface area contributed by atoms with E-state index in [0.717, 1.165) is 0 Å². The van der Waals surface area contributed by atoms with Gasteiger partial charge in [-0.25, -0.2) is 4.39 Å². The van der Waals surface area contributed by atoms with Crippen LogP contribution >= 0.6 is 24.8 Å². The molecule has 1 aromatic rings. The van der Waals surface area contributed by atoms with Crippen molar-refractivity contribution in [2.75, 3.05) is 26.2 Å². The molecule has 1 aromatic carbocycles. The normalized spacial score (nSPS) is 17.5. The topological polar surface area (TPSA) is 15.3 Å². The van der Waals surface area contributed by atoms with E-state index in [1.165, 1.54) is 18.2 Å². The van der Waals surface area contributed by atoms with E-state index in [0.29, 0.717) is 26.2 Å². The Bertz CT molecular complexity index is 423. The van der Waals surface area contributed by atoms with Gasteiger partial charge in [-0.2, -0.15) is 13.2 Å². The molecule has 122 valence electrons. The first-order valence-corrected chi connectivity index (χ1v) is 6.23. The first-order valence-electron chi connectivity index (χ1n) is 6.23. The summed E-state index contributed by atoms with van der Waals surface area (Å²) < 4.78 is 51.9. The van der Waals surface area contributed by atoms with Crippen LogP contribution in [0.3, 0.4) is 0 Å². The highest BCUT2D eigenvalue weighted by atomic mass is 35.5. The van der Waals surface area contributed by atoms with Crippen molar-refractivity contribution in [2.24, 2.45) is 0 Å². The maximum Gasteiger partial charge on any atom is 0.390 e. The highest BCUT2D eigenvalue weighted by Crippen LogP contribution is 2.34. The van der Waals surface area contributed by atoms with Crippen LogP contribution in [0.1, 0.15) is 18.0 Å². The van der Waals surface area contributed by atoms with Crippen LogP contribution in [0.25, 0.3) is 0 Å². The molecule has 0 spiro atoms. The number of hydrogen-bond acceptors (Lipinski definition) is 2. The summed E-state index contributed by atoms with van der Waals surface area (Å²) in [5.74, 6) is -0.574. The number of hydrogen-bond donors (Lipinski definition) is 1. The third kappa shape index (κ3) is 5.98. The summed E-state index contributed by atoms with van der Waals surface area (Å²) in [6.45, 7) is 2.25. The molecule has 1 aliphatic rings. The first kappa shape index (κ1) is 20.4. The van der Waals surface area contributed by atoms with Gasteiger partial charge < -0.3 is 5.32 Å². The number of alkyl halides is 3. The van der Waals surface area contributed by atoms with Crippen molar-refractivity contribution in [3.8, 4) is 0 Å².